The van der Waals surface area contributed by atoms with E-state index in [4.69, 9.17) is 9.97 Å². The third-order valence-electron chi connectivity index (χ3n) is 11.6. The number of imidazole rings is 1. The lowest BCUT2D eigenvalue weighted by atomic mass is 9.96. The molecule has 278 valence electrons. The van der Waals surface area contributed by atoms with Gasteiger partial charge >= 0.3 is 0 Å². The fraction of sp³-hybridized carbons (Fsp3) is 0.0182. The molecule has 0 amide bonds. The first-order valence-electron chi connectivity index (χ1n) is 20.0. The molecule has 0 spiro atoms. The standard InChI is InChI=1S/C55H38N4/c1-58-52-19-11-9-17-50(52)57-55(58)44-29-32-48-47-16-8-10-18-51(47)59(54(48)35-44)53-34-43(28-31-46(53)42-26-24-40(25-27-42)38-14-6-3-7-15-38)49-33-30-45(36-56-49)41-22-20-39(21-23-41)37-12-4-2-5-13-37/h2-36H,1H3. The third-order valence-corrected chi connectivity index (χ3v) is 11.6. The molecule has 3 aromatic heterocycles. The maximum atomic E-state index is 5.09. The quantitative estimate of drug-likeness (QED) is 0.162. The summed E-state index contributed by atoms with van der Waals surface area (Å²) in [6.45, 7) is 0. The average Bonchev–Trinajstić information content (AvgIpc) is 3.83. The summed E-state index contributed by atoms with van der Waals surface area (Å²) in [4.78, 5) is 10.2. The van der Waals surface area contributed by atoms with E-state index >= 15 is 0 Å². The predicted molar refractivity (Wildman–Crippen MR) is 245 cm³/mol. The van der Waals surface area contributed by atoms with Gasteiger partial charge in [0, 0.05) is 46.3 Å². The molecule has 8 aromatic carbocycles. The fourth-order valence-corrected chi connectivity index (χ4v) is 8.59. The van der Waals surface area contributed by atoms with Crippen LogP contribution >= 0.6 is 0 Å². The van der Waals surface area contributed by atoms with E-state index in [9.17, 15) is 0 Å². The van der Waals surface area contributed by atoms with Gasteiger partial charge in [-0.15, -0.1) is 0 Å². The van der Waals surface area contributed by atoms with Crippen LogP contribution in [0.1, 0.15) is 0 Å². The second-order valence-electron chi connectivity index (χ2n) is 15.1. The smallest absolute Gasteiger partial charge is 0.140 e. The van der Waals surface area contributed by atoms with E-state index in [2.05, 4.69) is 216 Å². The number of aromatic nitrogens is 4. The van der Waals surface area contributed by atoms with Crippen molar-refractivity contribution in [1.29, 1.82) is 0 Å². The zero-order chi connectivity index (χ0) is 39.3. The molecule has 0 aliphatic carbocycles. The van der Waals surface area contributed by atoms with Crippen LogP contribution in [0.5, 0.6) is 0 Å². The molecule has 0 N–H and O–H groups in total. The van der Waals surface area contributed by atoms with Gasteiger partial charge in [0.1, 0.15) is 5.82 Å². The number of fused-ring (bicyclic) bond motifs is 4. The van der Waals surface area contributed by atoms with Crippen molar-refractivity contribution < 1.29 is 0 Å². The Bertz CT molecular complexity index is 3290. The van der Waals surface area contributed by atoms with E-state index in [1.165, 1.54) is 33.0 Å². The summed E-state index contributed by atoms with van der Waals surface area (Å²) in [7, 11) is 2.10. The fourth-order valence-electron chi connectivity index (χ4n) is 8.59. The number of hydrogen-bond donors (Lipinski definition) is 0. The van der Waals surface area contributed by atoms with Crippen molar-refractivity contribution in [2.45, 2.75) is 0 Å². The molecule has 0 radical (unpaired) electrons. The van der Waals surface area contributed by atoms with Crippen LogP contribution in [0.15, 0.2) is 212 Å². The van der Waals surface area contributed by atoms with Crippen LogP contribution in [0.25, 0.3) is 106 Å². The van der Waals surface area contributed by atoms with Crippen molar-refractivity contribution in [3.63, 3.8) is 0 Å². The number of hydrogen-bond acceptors (Lipinski definition) is 2. The highest BCUT2D eigenvalue weighted by atomic mass is 15.1. The van der Waals surface area contributed by atoms with Crippen LogP contribution < -0.4 is 0 Å². The van der Waals surface area contributed by atoms with Crippen LogP contribution in [0.4, 0.5) is 0 Å². The van der Waals surface area contributed by atoms with Gasteiger partial charge in [0.05, 0.1) is 33.4 Å². The number of pyridine rings is 1. The predicted octanol–water partition coefficient (Wildman–Crippen LogP) is 14.1. The average molecular weight is 755 g/mol. The Hall–Kier alpha value is -7.82. The van der Waals surface area contributed by atoms with Crippen LogP contribution in [-0.2, 0) is 7.05 Å². The molecule has 0 fully saturated rings. The second-order valence-corrected chi connectivity index (χ2v) is 15.1. The zero-order valence-electron chi connectivity index (χ0n) is 32.5. The molecule has 0 unspecified atom stereocenters. The Labute approximate surface area is 343 Å². The summed E-state index contributed by atoms with van der Waals surface area (Å²) in [6, 6.07) is 73.7. The highest BCUT2D eigenvalue weighted by Crippen LogP contribution is 2.40. The van der Waals surface area contributed by atoms with Crippen LogP contribution in [-0.4, -0.2) is 19.1 Å². The van der Waals surface area contributed by atoms with Crippen LogP contribution in [0, 0.1) is 0 Å². The number of rotatable bonds is 7. The van der Waals surface area contributed by atoms with E-state index in [-0.39, 0.29) is 0 Å². The van der Waals surface area contributed by atoms with Gasteiger partial charge in [-0.3, -0.25) is 4.98 Å². The summed E-state index contributed by atoms with van der Waals surface area (Å²) < 4.78 is 4.63. The number of benzene rings is 8. The lowest BCUT2D eigenvalue weighted by Crippen LogP contribution is -1.99. The Morgan fingerprint density at radius 2 is 0.898 bits per heavy atom. The van der Waals surface area contributed by atoms with Crippen molar-refractivity contribution in [1.82, 2.24) is 19.1 Å². The Morgan fingerprint density at radius 3 is 1.56 bits per heavy atom. The number of para-hydroxylation sites is 3. The van der Waals surface area contributed by atoms with Crippen molar-refractivity contribution in [2.75, 3.05) is 0 Å². The first-order chi connectivity index (χ1) is 29.2. The van der Waals surface area contributed by atoms with Crippen molar-refractivity contribution >= 4 is 32.8 Å². The first kappa shape index (κ1) is 34.4. The molecule has 11 rings (SSSR count). The molecule has 3 heterocycles. The highest BCUT2D eigenvalue weighted by molar-refractivity contribution is 6.11. The summed E-state index contributed by atoms with van der Waals surface area (Å²) in [5.41, 5.74) is 17.8. The molecule has 11 aromatic rings. The van der Waals surface area contributed by atoms with Gasteiger partial charge in [0.15, 0.2) is 0 Å². The maximum absolute atomic E-state index is 5.09. The molecular formula is C55H38N4. The van der Waals surface area contributed by atoms with Crippen LogP contribution in [0.3, 0.4) is 0 Å². The van der Waals surface area contributed by atoms with E-state index in [1.54, 1.807) is 0 Å². The van der Waals surface area contributed by atoms with Crippen molar-refractivity contribution in [2.24, 2.45) is 7.05 Å². The van der Waals surface area contributed by atoms with Gasteiger partial charge in [0.2, 0.25) is 0 Å². The van der Waals surface area contributed by atoms with Gasteiger partial charge in [0.25, 0.3) is 0 Å². The molecule has 4 heteroatoms. The van der Waals surface area contributed by atoms with Gasteiger partial charge < -0.3 is 9.13 Å². The highest BCUT2D eigenvalue weighted by Gasteiger charge is 2.19. The van der Waals surface area contributed by atoms with E-state index in [0.717, 1.165) is 72.7 Å². The monoisotopic (exact) mass is 754 g/mol. The first-order valence-corrected chi connectivity index (χ1v) is 20.0. The van der Waals surface area contributed by atoms with Crippen LogP contribution in [0.2, 0.25) is 0 Å². The molecule has 0 saturated heterocycles. The summed E-state index contributed by atoms with van der Waals surface area (Å²) in [6.07, 6.45) is 1.99. The van der Waals surface area contributed by atoms with Gasteiger partial charge in [-0.05, 0) is 69.8 Å². The Kier molecular flexibility index (Phi) is 8.34. The topological polar surface area (TPSA) is 35.6 Å². The summed E-state index contributed by atoms with van der Waals surface area (Å²) >= 11 is 0. The van der Waals surface area contributed by atoms with E-state index in [0.29, 0.717) is 0 Å². The molecule has 0 saturated carbocycles. The largest absolute Gasteiger partial charge is 0.327 e. The summed E-state index contributed by atoms with van der Waals surface area (Å²) in [5, 5.41) is 2.40. The lowest BCUT2D eigenvalue weighted by Gasteiger charge is -2.17. The summed E-state index contributed by atoms with van der Waals surface area (Å²) in [5.74, 6) is 0.939. The van der Waals surface area contributed by atoms with Gasteiger partial charge in [-0.1, -0.05) is 170 Å². The second kappa shape index (κ2) is 14.3. The minimum absolute atomic E-state index is 0.919. The Morgan fingerprint density at radius 1 is 0.373 bits per heavy atom. The molecule has 0 aliphatic heterocycles. The third kappa shape index (κ3) is 6.10. The molecule has 0 atom stereocenters. The maximum Gasteiger partial charge on any atom is 0.140 e. The minimum atomic E-state index is 0.919. The molecule has 59 heavy (non-hydrogen) atoms. The normalized spacial score (nSPS) is 11.5. The van der Waals surface area contributed by atoms with E-state index < -0.39 is 0 Å². The van der Waals surface area contributed by atoms with Gasteiger partial charge in [-0.25, -0.2) is 4.98 Å². The minimum Gasteiger partial charge on any atom is -0.327 e. The molecule has 0 bridgehead atoms. The molecule has 0 aliphatic rings. The molecular weight excluding hydrogens is 717 g/mol. The van der Waals surface area contributed by atoms with Crippen molar-refractivity contribution in [3.8, 4) is 72.8 Å². The molecule has 4 nitrogen and oxygen atoms in total. The number of nitrogens with zero attached hydrogens (tertiary/aromatic N) is 4. The SMILES string of the molecule is Cn1c(-c2ccc3c4ccccc4n(-c4cc(-c5ccc(-c6ccc(-c7ccccc7)cc6)cn5)ccc4-c4ccc(-c5ccccc5)cc4)c3c2)nc2ccccc21. The Balaban J connectivity index is 1.06. The number of aryl methyl sites for hydroxylation is 1. The van der Waals surface area contributed by atoms with E-state index in [1.807, 2.05) is 12.3 Å². The van der Waals surface area contributed by atoms with Gasteiger partial charge in [-0.2, -0.15) is 0 Å². The zero-order valence-corrected chi connectivity index (χ0v) is 32.5. The van der Waals surface area contributed by atoms with Crippen molar-refractivity contribution in [3.05, 3.63) is 212 Å². The lowest BCUT2D eigenvalue weighted by molar-refractivity contribution is 0.959.